The summed E-state index contributed by atoms with van der Waals surface area (Å²) in [6.07, 6.45) is 4.74. The third-order valence-electron chi connectivity index (χ3n) is 5.14. The van der Waals surface area contributed by atoms with E-state index in [-0.39, 0.29) is 17.0 Å². The number of nitrogens with zero attached hydrogens (tertiary/aromatic N) is 5. The molecule has 1 aliphatic rings. The molecule has 0 amide bonds. The van der Waals surface area contributed by atoms with Gasteiger partial charge < -0.3 is 15.4 Å². The lowest BCUT2D eigenvalue weighted by molar-refractivity contribution is -0.144. The second-order valence-corrected chi connectivity index (χ2v) is 7.81. The number of likely N-dealkylation sites (tertiary alicyclic amines) is 1. The van der Waals surface area contributed by atoms with Crippen molar-refractivity contribution < 1.29 is 13.9 Å². The Morgan fingerprint density at radius 1 is 1.28 bits per heavy atom. The molecule has 11 heteroatoms. The Morgan fingerprint density at radius 2 is 2.09 bits per heavy atom. The summed E-state index contributed by atoms with van der Waals surface area (Å²) in [7, 11) is 0. The zero-order valence-corrected chi connectivity index (χ0v) is 18.3. The Kier molecular flexibility index (Phi) is 6.91. The van der Waals surface area contributed by atoms with Crippen molar-refractivity contribution in [1.29, 1.82) is 0 Å². The van der Waals surface area contributed by atoms with Crippen LogP contribution >= 0.6 is 11.6 Å². The quantitative estimate of drug-likeness (QED) is 0.514. The fourth-order valence-corrected chi connectivity index (χ4v) is 3.71. The molecular formula is C21H23ClFN7O2. The van der Waals surface area contributed by atoms with E-state index in [9.17, 15) is 9.18 Å². The highest BCUT2D eigenvalue weighted by Gasteiger charge is 2.22. The van der Waals surface area contributed by atoms with Crippen molar-refractivity contribution in [2.75, 3.05) is 36.9 Å². The van der Waals surface area contributed by atoms with Gasteiger partial charge in [-0.3, -0.25) is 9.69 Å². The number of carbonyl (C=O) groups is 1. The number of fused-ring (bicyclic) bond motifs is 1. The lowest BCUT2D eigenvalue weighted by atomic mass is 10.1. The van der Waals surface area contributed by atoms with Gasteiger partial charge in [-0.15, -0.1) is 0 Å². The number of anilines is 3. The molecule has 2 aromatic heterocycles. The first kappa shape index (κ1) is 22.1. The molecule has 0 saturated carbocycles. The molecule has 168 valence electrons. The van der Waals surface area contributed by atoms with Gasteiger partial charge in [0.05, 0.1) is 24.4 Å². The van der Waals surface area contributed by atoms with E-state index in [4.69, 9.17) is 16.3 Å². The van der Waals surface area contributed by atoms with Crippen molar-refractivity contribution in [3.63, 3.8) is 0 Å². The third-order valence-corrected chi connectivity index (χ3v) is 5.43. The molecule has 2 N–H and O–H groups in total. The first-order valence-corrected chi connectivity index (χ1v) is 10.7. The summed E-state index contributed by atoms with van der Waals surface area (Å²) in [5, 5.41) is 6.48. The van der Waals surface area contributed by atoms with E-state index in [0.717, 1.165) is 25.9 Å². The first-order valence-electron chi connectivity index (χ1n) is 10.4. The minimum Gasteiger partial charge on any atom is -0.465 e. The molecule has 0 spiro atoms. The summed E-state index contributed by atoms with van der Waals surface area (Å²) in [5.41, 5.74) is 1.69. The average molecular weight is 460 g/mol. The Morgan fingerprint density at radius 3 is 2.84 bits per heavy atom. The zero-order valence-electron chi connectivity index (χ0n) is 17.5. The van der Waals surface area contributed by atoms with E-state index in [1.54, 1.807) is 19.2 Å². The van der Waals surface area contributed by atoms with Crippen LogP contribution < -0.4 is 10.6 Å². The molecule has 9 nitrogen and oxygen atoms in total. The van der Waals surface area contributed by atoms with E-state index >= 15 is 0 Å². The predicted octanol–water partition coefficient (Wildman–Crippen LogP) is 3.40. The Labute approximate surface area is 189 Å². The van der Waals surface area contributed by atoms with E-state index in [0.29, 0.717) is 41.6 Å². The molecule has 3 heterocycles. The Bertz CT molecular complexity index is 1110. The monoisotopic (exact) mass is 459 g/mol. The smallest absolute Gasteiger partial charge is 0.320 e. The van der Waals surface area contributed by atoms with Crippen LogP contribution in [-0.4, -0.2) is 63.1 Å². The van der Waals surface area contributed by atoms with E-state index < -0.39 is 5.82 Å². The molecule has 0 aliphatic carbocycles. The van der Waals surface area contributed by atoms with Crippen LogP contribution in [0.4, 0.5) is 21.8 Å². The molecular weight excluding hydrogens is 437 g/mol. The van der Waals surface area contributed by atoms with Gasteiger partial charge in [-0.25, -0.2) is 24.3 Å². The van der Waals surface area contributed by atoms with E-state index in [2.05, 4.69) is 35.5 Å². The summed E-state index contributed by atoms with van der Waals surface area (Å²) in [6.45, 7) is 4.08. The van der Waals surface area contributed by atoms with Crippen LogP contribution in [0.5, 0.6) is 0 Å². The van der Waals surface area contributed by atoms with Crippen LogP contribution in [0.15, 0.2) is 30.7 Å². The molecule has 4 rings (SSSR count). The largest absolute Gasteiger partial charge is 0.465 e. The second kappa shape index (κ2) is 10.0. The molecule has 1 saturated heterocycles. The van der Waals surface area contributed by atoms with Gasteiger partial charge in [0.25, 0.3) is 0 Å². The van der Waals surface area contributed by atoms with Crippen molar-refractivity contribution in [3.8, 4) is 0 Å². The highest BCUT2D eigenvalue weighted by atomic mass is 35.5. The standard InChI is InChI=1S/C21H23ClFN7O2/c1-2-32-18(31)11-30-7-5-13(6-8-30)28-21-24-10-17-19(29-21)20(26-12-25-17)27-14-3-4-16(23)15(22)9-14/h3-4,9-10,12-13H,2,5-8,11H2,1H3,(H,24,28,29)(H,25,26,27). The minimum atomic E-state index is -0.494. The number of rotatable bonds is 7. The van der Waals surface area contributed by atoms with Crippen molar-refractivity contribution in [2.24, 2.45) is 0 Å². The number of halogens is 2. The third kappa shape index (κ3) is 5.38. The number of nitrogens with one attached hydrogen (secondary N) is 2. The topological polar surface area (TPSA) is 105 Å². The van der Waals surface area contributed by atoms with E-state index in [1.165, 1.54) is 18.5 Å². The van der Waals surface area contributed by atoms with Gasteiger partial charge in [-0.05, 0) is 38.0 Å². The number of benzene rings is 1. The number of piperidine rings is 1. The van der Waals surface area contributed by atoms with Crippen molar-refractivity contribution in [2.45, 2.75) is 25.8 Å². The van der Waals surface area contributed by atoms with Gasteiger partial charge in [0.1, 0.15) is 23.2 Å². The first-order chi connectivity index (χ1) is 15.5. The summed E-state index contributed by atoms with van der Waals surface area (Å²) < 4.78 is 18.5. The van der Waals surface area contributed by atoms with Gasteiger partial charge >= 0.3 is 5.97 Å². The normalized spacial score (nSPS) is 15.0. The molecule has 3 aromatic rings. The van der Waals surface area contributed by atoms with Gasteiger partial charge in [0.2, 0.25) is 5.95 Å². The predicted molar refractivity (Wildman–Crippen MR) is 120 cm³/mol. The van der Waals surface area contributed by atoms with Gasteiger partial charge in [0.15, 0.2) is 5.82 Å². The summed E-state index contributed by atoms with van der Waals surface area (Å²) >= 11 is 5.87. The molecule has 1 aromatic carbocycles. The van der Waals surface area contributed by atoms with Crippen molar-refractivity contribution in [3.05, 3.63) is 41.6 Å². The lowest BCUT2D eigenvalue weighted by Crippen LogP contribution is -2.42. The zero-order chi connectivity index (χ0) is 22.5. The minimum absolute atomic E-state index is 0.0136. The van der Waals surface area contributed by atoms with Crippen LogP contribution in [0.2, 0.25) is 5.02 Å². The molecule has 0 unspecified atom stereocenters. The van der Waals surface area contributed by atoms with Crippen LogP contribution in [-0.2, 0) is 9.53 Å². The Hall–Kier alpha value is -3.11. The highest BCUT2D eigenvalue weighted by Crippen LogP contribution is 2.25. The maximum atomic E-state index is 13.4. The molecule has 1 fully saturated rings. The Balaban J connectivity index is 1.44. The second-order valence-electron chi connectivity index (χ2n) is 7.40. The molecule has 0 bridgehead atoms. The number of aromatic nitrogens is 4. The maximum absolute atomic E-state index is 13.4. The highest BCUT2D eigenvalue weighted by molar-refractivity contribution is 6.31. The fourth-order valence-electron chi connectivity index (χ4n) is 3.53. The van der Waals surface area contributed by atoms with Gasteiger partial charge in [-0.1, -0.05) is 11.6 Å². The lowest BCUT2D eigenvalue weighted by Gasteiger charge is -2.31. The number of carbonyl (C=O) groups excluding carboxylic acids is 1. The number of hydrogen-bond acceptors (Lipinski definition) is 9. The SMILES string of the molecule is CCOC(=O)CN1CCC(Nc2ncc3ncnc(Nc4ccc(F)c(Cl)c4)c3n2)CC1. The number of esters is 1. The average Bonchev–Trinajstić information content (AvgIpc) is 2.78. The van der Waals surface area contributed by atoms with Crippen molar-refractivity contribution >= 4 is 46.1 Å². The molecule has 0 atom stereocenters. The van der Waals surface area contributed by atoms with Crippen LogP contribution in [0.3, 0.4) is 0 Å². The summed E-state index contributed by atoms with van der Waals surface area (Å²) in [4.78, 5) is 31.2. The summed E-state index contributed by atoms with van der Waals surface area (Å²) in [6, 6.07) is 4.52. The van der Waals surface area contributed by atoms with Gasteiger partial charge in [0, 0.05) is 24.8 Å². The van der Waals surface area contributed by atoms with Crippen LogP contribution in [0, 0.1) is 5.82 Å². The molecule has 32 heavy (non-hydrogen) atoms. The summed E-state index contributed by atoms with van der Waals surface area (Å²) in [5.74, 6) is 0.245. The maximum Gasteiger partial charge on any atom is 0.320 e. The van der Waals surface area contributed by atoms with Crippen molar-refractivity contribution in [1.82, 2.24) is 24.8 Å². The number of hydrogen-bond donors (Lipinski definition) is 2. The van der Waals surface area contributed by atoms with E-state index in [1.807, 2.05) is 0 Å². The van der Waals surface area contributed by atoms with Crippen LogP contribution in [0.1, 0.15) is 19.8 Å². The molecule has 0 radical (unpaired) electrons. The van der Waals surface area contributed by atoms with Crippen LogP contribution in [0.25, 0.3) is 11.0 Å². The molecule has 1 aliphatic heterocycles. The van der Waals surface area contributed by atoms with Gasteiger partial charge in [-0.2, -0.15) is 0 Å². The number of ether oxygens (including phenoxy) is 1. The fraction of sp³-hybridized carbons (Fsp3) is 0.381.